The summed E-state index contributed by atoms with van der Waals surface area (Å²) in [6.07, 6.45) is 2.85. The number of nitrogens with one attached hydrogen (secondary N) is 2. The van der Waals surface area contributed by atoms with Gasteiger partial charge in [0.15, 0.2) is 0 Å². The van der Waals surface area contributed by atoms with Crippen LogP contribution in [0, 0.1) is 5.92 Å². The minimum Gasteiger partial charge on any atom is -0.354 e. The molecular formula is C19H27N3O3. The maximum Gasteiger partial charge on any atom is 0.251 e. The van der Waals surface area contributed by atoms with Gasteiger partial charge in [-0.2, -0.15) is 0 Å². The van der Waals surface area contributed by atoms with Crippen molar-refractivity contribution in [3.05, 3.63) is 35.9 Å². The largest absolute Gasteiger partial charge is 0.354 e. The average molecular weight is 345 g/mol. The highest BCUT2D eigenvalue weighted by molar-refractivity contribution is 5.94. The third-order valence-corrected chi connectivity index (χ3v) is 4.43. The summed E-state index contributed by atoms with van der Waals surface area (Å²) in [7, 11) is 0. The van der Waals surface area contributed by atoms with Gasteiger partial charge in [0.1, 0.15) is 0 Å². The first-order valence-electron chi connectivity index (χ1n) is 9.00. The number of carbonyl (C=O) groups is 3. The van der Waals surface area contributed by atoms with Crippen molar-refractivity contribution in [2.75, 3.05) is 26.2 Å². The van der Waals surface area contributed by atoms with Crippen molar-refractivity contribution in [2.45, 2.75) is 32.6 Å². The summed E-state index contributed by atoms with van der Waals surface area (Å²) in [5.41, 5.74) is 0.609. The van der Waals surface area contributed by atoms with Crippen LogP contribution in [0.1, 0.15) is 43.0 Å². The lowest BCUT2D eigenvalue weighted by atomic mass is 9.95. The lowest BCUT2D eigenvalue weighted by Gasteiger charge is -2.31. The molecule has 1 aromatic carbocycles. The molecule has 1 aromatic rings. The summed E-state index contributed by atoms with van der Waals surface area (Å²) in [6.45, 7) is 4.11. The molecule has 0 aliphatic carbocycles. The maximum atomic E-state index is 12.2. The van der Waals surface area contributed by atoms with Crippen LogP contribution in [0.2, 0.25) is 0 Å². The van der Waals surface area contributed by atoms with Crippen LogP contribution < -0.4 is 10.6 Å². The number of nitrogens with zero attached hydrogens (tertiary/aromatic N) is 1. The highest BCUT2D eigenvalue weighted by Crippen LogP contribution is 2.18. The van der Waals surface area contributed by atoms with E-state index in [0.717, 1.165) is 6.42 Å². The van der Waals surface area contributed by atoms with E-state index in [9.17, 15) is 14.4 Å². The zero-order valence-corrected chi connectivity index (χ0v) is 14.8. The monoisotopic (exact) mass is 345 g/mol. The number of carbonyl (C=O) groups excluding carboxylic acids is 3. The Kier molecular flexibility index (Phi) is 7.44. The quantitative estimate of drug-likeness (QED) is 0.736. The zero-order chi connectivity index (χ0) is 18.1. The normalized spacial score (nSPS) is 14.8. The fraction of sp³-hybridized carbons (Fsp3) is 0.526. The van der Waals surface area contributed by atoms with E-state index in [-0.39, 0.29) is 23.6 Å². The third kappa shape index (κ3) is 5.89. The van der Waals surface area contributed by atoms with Gasteiger partial charge in [-0.05, 0) is 31.4 Å². The van der Waals surface area contributed by atoms with Gasteiger partial charge >= 0.3 is 0 Å². The van der Waals surface area contributed by atoms with Crippen LogP contribution in [0.25, 0.3) is 0 Å². The summed E-state index contributed by atoms with van der Waals surface area (Å²) < 4.78 is 0. The number of piperidine rings is 1. The Balaban J connectivity index is 1.63. The molecule has 0 aromatic heterocycles. The van der Waals surface area contributed by atoms with E-state index in [0.29, 0.717) is 51.0 Å². The number of hydrogen-bond acceptors (Lipinski definition) is 3. The van der Waals surface area contributed by atoms with Gasteiger partial charge in [0, 0.05) is 44.1 Å². The topological polar surface area (TPSA) is 78.5 Å². The number of hydrogen-bond donors (Lipinski definition) is 2. The molecule has 2 N–H and O–H groups in total. The lowest BCUT2D eigenvalue weighted by Crippen LogP contribution is -2.44. The van der Waals surface area contributed by atoms with Crippen molar-refractivity contribution >= 4 is 17.7 Å². The third-order valence-electron chi connectivity index (χ3n) is 4.43. The summed E-state index contributed by atoms with van der Waals surface area (Å²) in [5, 5.41) is 5.66. The van der Waals surface area contributed by atoms with E-state index in [4.69, 9.17) is 0 Å². The molecule has 1 saturated heterocycles. The Bertz CT molecular complexity index is 581. The number of rotatable bonds is 7. The minimum absolute atomic E-state index is 0.0107. The molecule has 6 heteroatoms. The van der Waals surface area contributed by atoms with Gasteiger partial charge in [-0.1, -0.05) is 25.1 Å². The second-order valence-corrected chi connectivity index (χ2v) is 6.32. The van der Waals surface area contributed by atoms with Crippen LogP contribution in [0.15, 0.2) is 30.3 Å². The molecule has 0 spiro atoms. The van der Waals surface area contributed by atoms with Gasteiger partial charge in [0.25, 0.3) is 5.91 Å². The number of amides is 3. The first-order valence-corrected chi connectivity index (χ1v) is 9.00. The van der Waals surface area contributed by atoms with Gasteiger partial charge in [0.2, 0.25) is 11.8 Å². The average Bonchev–Trinajstić information content (AvgIpc) is 2.66. The summed E-state index contributed by atoms with van der Waals surface area (Å²) in [5.74, 6) is 0.00892. The van der Waals surface area contributed by atoms with Crippen molar-refractivity contribution in [3.8, 4) is 0 Å². The fourth-order valence-corrected chi connectivity index (χ4v) is 2.96. The minimum atomic E-state index is -0.141. The van der Waals surface area contributed by atoms with Crippen LogP contribution in [-0.4, -0.2) is 48.8 Å². The molecule has 1 fully saturated rings. The molecule has 0 radical (unpaired) electrons. The van der Waals surface area contributed by atoms with Gasteiger partial charge in [0.05, 0.1) is 0 Å². The molecule has 0 unspecified atom stereocenters. The molecule has 6 nitrogen and oxygen atoms in total. The second kappa shape index (κ2) is 9.81. The van der Waals surface area contributed by atoms with Gasteiger partial charge in [-0.25, -0.2) is 0 Å². The van der Waals surface area contributed by atoms with Gasteiger partial charge in [-0.3, -0.25) is 14.4 Å². The van der Waals surface area contributed by atoms with Crippen molar-refractivity contribution in [3.63, 3.8) is 0 Å². The molecule has 1 aliphatic rings. The predicted molar refractivity (Wildman–Crippen MR) is 96.0 cm³/mol. The summed E-state index contributed by atoms with van der Waals surface area (Å²) in [4.78, 5) is 37.8. The molecule has 1 aliphatic heterocycles. The van der Waals surface area contributed by atoms with Crippen LogP contribution in [0.3, 0.4) is 0 Å². The Morgan fingerprint density at radius 2 is 1.68 bits per heavy atom. The van der Waals surface area contributed by atoms with Gasteiger partial charge < -0.3 is 15.5 Å². The van der Waals surface area contributed by atoms with Crippen molar-refractivity contribution in [1.29, 1.82) is 0 Å². The van der Waals surface area contributed by atoms with Crippen LogP contribution >= 0.6 is 0 Å². The fourth-order valence-electron chi connectivity index (χ4n) is 2.96. The van der Waals surface area contributed by atoms with E-state index in [2.05, 4.69) is 10.6 Å². The second-order valence-electron chi connectivity index (χ2n) is 6.32. The number of likely N-dealkylation sites (tertiary alicyclic amines) is 1. The highest BCUT2D eigenvalue weighted by atomic mass is 16.2. The smallest absolute Gasteiger partial charge is 0.251 e. The molecule has 136 valence electrons. The van der Waals surface area contributed by atoms with Crippen molar-refractivity contribution in [2.24, 2.45) is 5.92 Å². The van der Waals surface area contributed by atoms with Crippen molar-refractivity contribution < 1.29 is 14.4 Å². The first-order chi connectivity index (χ1) is 12.1. The molecule has 3 amide bonds. The molecule has 0 bridgehead atoms. The van der Waals surface area contributed by atoms with E-state index in [1.54, 1.807) is 12.1 Å². The predicted octanol–water partition coefficient (Wildman–Crippen LogP) is 1.57. The van der Waals surface area contributed by atoms with Gasteiger partial charge in [-0.15, -0.1) is 0 Å². The summed E-state index contributed by atoms with van der Waals surface area (Å²) >= 11 is 0. The standard InChI is InChI=1S/C19H27N3O3/c1-2-6-17(23)22-13-9-16(10-14-22)19(25)21-12-11-20-18(24)15-7-4-3-5-8-15/h3-5,7-8,16H,2,6,9-14H2,1H3,(H,20,24)(H,21,25). The van der Waals surface area contributed by atoms with E-state index in [1.807, 2.05) is 30.0 Å². The van der Waals surface area contributed by atoms with E-state index >= 15 is 0 Å². The molecule has 1 heterocycles. The Morgan fingerprint density at radius 3 is 2.32 bits per heavy atom. The Hall–Kier alpha value is -2.37. The number of benzene rings is 1. The van der Waals surface area contributed by atoms with E-state index in [1.165, 1.54) is 0 Å². The Labute approximate surface area is 149 Å². The maximum absolute atomic E-state index is 12.2. The van der Waals surface area contributed by atoms with Crippen LogP contribution in [0.5, 0.6) is 0 Å². The summed E-state index contributed by atoms with van der Waals surface area (Å²) in [6, 6.07) is 8.99. The zero-order valence-electron chi connectivity index (χ0n) is 14.8. The SMILES string of the molecule is CCCC(=O)N1CCC(C(=O)NCCNC(=O)c2ccccc2)CC1. The molecule has 0 saturated carbocycles. The molecule has 0 atom stereocenters. The molecule has 2 rings (SSSR count). The highest BCUT2D eigenvalue weighted by Gasteiger charge is 2.26. The van der Waals surface area contributed by atoms with Crippen LogP contribution in [0.4, 0.5) is 0 Å². The first kappa shape index (κ1) is 19.0. The van der Waals surface area contributed by atoms with E-state index < -0.39 is 0 Å². The van der Waals surface area contributed by atoms with Crippen molar-refractivity contribution in [1.82, 2.24) is 15.5 Å². The van der Waals surface area contributed by atoms with Crippen LogP contribution in [-0.2, 0) is 9.59 Å². The molecular weight excluding hydrogens is 318 g/mol. The molecule has 25 heavy (non-hydrogen) atoms. The lowest BCUT2D eigenvalue weighted by molar-refractivity contribution is -0.135. The Morgan fingerprint density at radius 1 is 1.04 bits per heavy atom.